The number of hydrogen-bond acceptors (Lipinski definition) is 1. The average molecular weight is 371 g/mol. The topological polar surface area (TPSA) is 37.3 Å². The molecule has 0 fully saturated rings. The minimum Gasteiger partial charge on any atom is -0.478 e. The van der Waals surface area contributed by atoms with Crippen molar-refractivity contribution in [1.82, 2.24) is 0 Å². The van der Waals surface area contributed by atoms with Crippen LogP contribution in [0.2, 0.25) is 0 Å². The summed E-state index contributed by atoms with van der Waals surface area (Å²) < 4.78 is 14.6. The lowest BCUT2D eigenvalue weighted by atomic mass is 10.2. The van der Waals surface area contributed by atoms with E-state index in [0.29, 0.717) is 4.47 Å². The molecule has 0 bridgehead atoms. The van der Waals surface area contributed by atoms with Gasteiger partial charge in [0.25, 0.3) is 0 Å². The SMILES string of the molecule is O=C(O)/C=C/c1c(F)cc(I)cc1Br. The third-order valence-corrected chi connectivity index (χ3v) is 2.72. The van der Waals surface area contributed by atoms with E-state index >= 15 is 0 Å². The molecule has 0 heterocycles. The maximum Gasteiger partial charge on any atom is 0.328 e. The molecule has 0 saturated heterocycles. The third kappa shape index (κ3) is 3.06. The van der Waals surface area contributed by atoms with E-state index in [1.54, 1.807) is 6.07 Å². The Hall–Kier alpha value is -0.430. The molecule has 1 N–H and O–H groups in total. The molecule has 0 spiro atoms. The lowest BCUT2D eigenvalue weighted by Crippen LogP contribution is -1.89. The lowest BCUT2D eigenvalue weighted by molar-refractivity contribution is -0.131. The summed E-state index contributed by atoms with van der Waals surface area (Å²) in [5.74, 6) is -1.55. The Labute approximate surface area is 102 Å². The fourth-order valence-electron chi connectivity index (χ4n) is 0.867. The van der Waals surface area contributed by atoms with Gasteiger partial charge in [-0.2, -0.15) is 0 Å². The summed E-state index contributed by atoms with van der Waals surface area (Å²) in [7, 11) is 0. The highest BCUT2D eigenvalue weighted by molar-refractivity contribution is 14.1. The molecule has 1 rings (SSSR count). The van der Waals surface area contributed by atoms with Crippen LogP contribution in [0.25, 0.3) is 6.08 Å². The number of rotatable bonds is 2. The van der Waals surface area contributed by atoms with Gasteiger partial charge in [-0.05, 0) is 40.8 Å². The second-order valence-corrected chi connectivity index (χ2v) is 4.55. The van der Waals surface area contributed by atoms with Crippen LogP contribution in [0.5, 0.6) is 0 Å². The van der Waals surface area contributed by atoms with Crippen molar-refractivity contribution in [1.29, 1.82) is 0 Å². The van der Waals surface area contributed by atoms with Gasteiger partial charge in [-0.15, -0.1) is 0 Å². The average Bonchev–Trinajstić information content (AvgIpc) is 2.01. The molecule has 5 heteroatoms. The summed E-state index contributed by atoms with van der Waals surface area (Å²) in [5, 5.41) is 8.39. The summed E-state index contributed by atoms with van der Waals surface area (Å²) in [5.41, 5.74) is 0.243. The minimum absolute atomic E-state index is 0.243. The van der Waals surface area contributed by atoms with E-state index in [1.165, 1.54) is 12.1 Å². The summed E-state index contributed by atoms with van der Waals surface area (Å²) in [6.07, 6.45) is 2.12. The number of carboxylic acid groups (broad SMARTS) is 1. The van der Waals surface area contributed by atoms with Crippen LogP contribution < -0.4 is 0 Å². The van der Waals surface area contributed by atoms with Crippen molar-refractivity contribution in [3.8, 4) is 0 Å². The number of carbonyl (C=O) groups is 1. The molecule has 0 aromatic heterocycles. The molecule has 0 aliphatic rings. The van der Waals surface area contributed by atoms with Gasteiger partial charge in [0.1, 0.15) is 5.82 Å². The molecular weight excluding hydrogens is 366 g/mol. The van der Waals surface area contributed by atoms with Gasteiger partial charge in [0.15, 0.2) is 0 Å². The zero-order chi connectivity index (χ0) is 10.7. The summed E-state index contributed by atoms with van der Waals surface area (Å²) >= 11 is 5.14. The maximum absolute atomic E-state index is 13.3. The number of aliphatic carboxylic acids is 1. The first kappa shape index (κ1) is 11.6. The van der Waals surface area contributed by atoms with E-state index in [9.17, 15) is 9.18 Å². The molecule has 0 unspecified atom stereocenters. The van der Waals surface area contributed by atoms with Gasteiger partial charge in [-0.1, -0.05) is 15.9 Å². The van der Waals surface area contributed by atoms with Crippen molar-refractivity contribution >= 4 is 50.6 Å². The second-order valence-electron chi connectivity index (χ2n) is 2.45. The Kier molecular flexibility index (Phi) is 4.06. The number of halogens is 3. The van der Waals surface area contributed by atoms with Crippen molar-refractivity contribution in [2.45, 2.75) is 0 Å². The fourth-order valence-corrected chi connectivity index (χ4v) is 2.45. The van der Waals surface area contributed by atoms with Crippen molar-refractivity contribution in [2.24, 2.45) is 0 Å². The van der Waals surface area contributed by atoms with Crippen molar-refractivity contribution in [3.63, 3.8) is 0 Å². The molecule has 0 aliphatic carbocycles. The van der Waals surface area contributed by atoms with Crippen molar-refractivity contribution in [2.75, 3.05) is 0 Å². The Morgan fingerprint density at radius 3 is 2.71 bits per heavy atom. The van der Waals surface area contributed by atoms with Gasteiger partial charge in [-0.25, -0.2) is 9.18 Å². The van der Waals surface area contributed by atoms with Gasteiger partial charge >= 0.3 is 5.97 Å². The normalized spacial score (nSPS) is 10.8. The van der Waals surface area contributed by atoms with E-state index in [-0.39, 0.29) is 5.56 Å². The lowest BCUT2D eigenvalue weighted by Gasteiger charge is -2.01. The minimum atomic E-state index is -1.10. The van der Waals surface area contributed by atoms with Crippen LogP contribution in [0.3, 0.4) is 0 Å². The zero-order valence-corrected chi connectivity index (χ0v) is 10.5. The fraction of sp³-hybridized carbons (Fsp3) is 0. The Bertz CT molecular complexity index is 381. The standard InChI is InChI=1S/C9H5BrFIO2/c10-7-3-5(12)4-8(11)6(7)1-2-9(13)14/h1-4H,(H,13,14)/b2-1+. The van der Waals surface area contributed by atoms with Crippen molar-refractivity contribution < 1.29 is 14.3 Å². The predicted molar refractivity (Wildman–Crippen MR) is 63.5 cm³/mol. The Morgan fingerprint density at radius 1 is 1.57 bits per heavy atom. The largest absolute Gasteiger partial charge is 0.478 e. The van der Waals surface area contributed by atoms with Gasteiger partial charge < -0.3 is 5.11 Å². The first-order valence-corrected chi connectivity index (χ1v) is 5.43. The summed E-state index contributed by atoms with van der Waals surface area (Å²) in [4.78, 5) is 10.2. The van der Waals surface area contributed by atoms with Crippen LogP contribution in [-0.2, 0) is 4.79 Å². The van der Waals surface area contributed by atoms with E-state index in [2.05, 4.69) is 15.9 Å². The summed E-state index contributed by atoms with van der Waals surface area (Å²) in [6, 6.07) is 3.05. The van der Waals surface area contributed by atoms with E-state index in [1.807, 2.05) is 22.6 Å². The van der Waals surface area contributed by atoms with Gasteiger partial charge in [-0.3, -0.25) is 0 Å². The highest BCUT2D eigenvalue weighted by atomic mass is 127. The molecule has 1 aromatic rings. The molecule has 0 amide bonds. The first-order valence-electron chi connectivity index (χ1n) is 3.56. The summed E-state index contributed by atoms with van der Waals surface area (Å²) in [6.45, 7) is 0. The number of benzene rings is 1. The molecular formula is C9H5BrFIO2. The van der Waals surface area contributed by atoms with Crippen LogP contribution in [-0.4, -0.2) is 11.1 Å². The zero-order valence-electron chi connectivity index (χ0n) is 6.80. The monoisotopic (exact) mass is 370 g/mol. The molecule has 0 atom stereocenters. The molecule has 2 nitrogen and oxygen atoms in total. The predicted octanol–water partition coefficient (Wildman–Crippen LogP) is 3.29. The Morgan fingerprint density at radius 2 is 2.21 bits per heavy atom. The third-order valence-electron chi connectivity index (χ3n) is 1.44. The molecule has 0 saturated carbocycles. The van der Waals surface area contributed by atoms with E-state index in [0.717, 1.165) is 9.65 Å². The van der Waals surface area contributed by atoms with Crippen LogP contribution in [0.15, 0.2) is 22.7 Å². The van der Waals surface area contributed by atoms with Gasteiger partial charge in [0.05, 0.1) is 0 Å². The highest BCUT2D eigenvalue weighted by Crippen LogP contribution is 2.24. The van der Waals surface area contributed by atoms with Gasteiger partial charge in [0.2, 0.25) is 0 Å². The molecule has 1 aromatic carbocycles. The maximum atomic E-state index is 13.3. The van der Waals surface area contributed by atoms with Crippen molar-refractivity contribution in [3.05, 3.63) is 37.6 Å². The number of carboxylic acids is 1. The highest BCUT2D eigenvalue weighted by Gasteiger charge is 2.05. The Balaban J connectivity index is 3.15. The smallest absolute Gasteiger partial charge is 0.328 e. The second kappa shape index (κ2) is 4.88. The van der Waals surface area contributed by atoms with Crippen LogP contribution >= 0.6 is 38.5 Å². The number of hydrogen-bond donors (Lipinski definition) is 1. The van der Waals surface area contributed by atoms with Crippen LogP contribution in [0.1, 0.15) is 5.56 Å². The first-order chi connectivity index (χ1) is 6.50. The molecule has 0 aliphatic heterocycles. The van der Waals surface area contributed by atoms with E-state index in [4.69, 9.17) is 5.11 Å². The molecule has 14 heavy (non-hydrogen) atoms. The quantitative estimate of drug-likeness (QED) is 0.640. The van der Waals surface area contributed by atoms with E-state index < -0.39 is 11.8 Å². The van der Waals surface area contributed by atoms with Gasteiger partial charge in [0, 0.05) is 19.7 Å². The molecule has 74 valence electrons. The van der Waals surface area contributed by atoms with Crippen LogP contribution in [0, 0.1) is 9.39 Å². The van der Waals surface area contributed by atoms with Crippen LogP contribution in [0.4, 0.5) is 4.39 Å². The molecule has 0 radical (unpaired) electrons.